The highest BCUT2D eigenvalue weighted by Crippen LogP contribution is 2.58. The fraction of sp³-hybridized carbons (Fsp3) is 0.400. The first-order valence-electron chi connectivity index (χ1n) is 13.8. The number of rotatable bonds is 5. The summed E-state index contributed by atoms with van der Waals surface area (Å²) in [6.07, 6.45) is -0.417. The number of nitrogens with one attached hydrogen (secondary N) is 3. The Morgan fingerprint density at radius 2 is 2.00 bits per heavy atom. The van der Waals surface area contributed by atoms with Crippen LogP contribution in [0.25, 0.3) is 0 Å². The molecule has 3 aliphatic heterocycles. The molecule has 4 bridgehead atoms. The maximum atomic E-state index is 14.9. The molecule has 4 heterocycles. The first-order chi connectivity index (χ1) is 20.1. The topological polar surface area (TPSA) is 152 Å². The minimum atomic E-state index is -1.38. The number of benzene rings is 2. The monoisotopic (exact) mass is 578 g/mol. The van der Waals surface area contributed by atoms with Gasteiger partial charge in [0, 0.05) is 22.7 Å². The zero-order chi connectivity index (χ0) is 29.9. The van der Waals surface area contributed by atoms with Gasteiger partial charge < -0.3 is 34.9 Å². The van der Waals surface area contributed by atoms with Gasteiger partial charge in [-0.1, -0.05) is 32.9 Å². The Bertz CT molecular complexity index is 1600. The highest BCUT2D eigenvalue weighted by molar-refractivity contribution is 5.97. The lowest BCUT2D eigenvalue weighted by molar-refractivity contribution is -0.143. The summed E-state index contributed by atoms with van der Waals surface area (Å²) in [6, 6.07) is 7.74. The highest BCUT2D eigenvalue weighted by Gasteiger charge is 2.61. The molecule has 11 nitrogen and oxygen atoms in total. The lowest BCUT2D eigenvalue weighted by atomic mass is 9.72. The van der Waals surface area contributed by atoms with Crippen molar-refractivity contribution >= 4 is 23.5 Å². The Labute approximate surface area is 240 Å². The Morgan fingerprint density at radius 1 is 1.21 bits per heavy atom. The van der Waals surface area contributed by atoms with Gasteiger partial charge in [0.15, 0.2) is 23.7 Å². The van der Waals surface area contributed by atoms with E-state index in [9.17, 15) is 23.9 Å². The Kier molecular flexibility index (Phi) is 6.68. The van der Waals surface area contributed by atoms with Crippen LogP contribution in [-0.4, -0.2) is 53.9 Å². The molecular formula is C30H31FN4O7. The molecule has 2 aromatic carbocycles. The van der Waals surface area contributed by atoms with Gasteiger partial charge in [-0.3, -0.25) is 9.59 Å². The van der Waals surface area contributed by atoms with Crippen molar-refractivity contribution in [3.05, 3.63) is 76.3 Å². The number of hydrogen-bond donors (Lipinski definition) is 4. The van der Waals surface area contributed by atoms with E-state index in [2.05, 4.69) is 20.9 Å². The summed E-state index contributed by atoms with van der Waals surface area (Å²) in [6.45, 7) is 4.86. The largest absolute Gasteiger partial charge is 0.469 e. The fourth-order valence-electron chi connectivity index (χ4n) is 6.06. The molecule has 6 rings (SSSR count). The third-order valence-electron chi connectivity index (χ3n) is 8.21. The minimum Gasteiger partial charge on any atom is -0.469 e. The molecular weight excluding hydrogens is 547 g/mol. The van der Waals surface area contributed by atoms with Crippen molar-refractivity contribution in [1.29, 1.82) is 0 Å². The maximum Gasteiger partial charge on any atom is 0.330 e. The van der Waals surface area contributed by atoms with Crippen molar-refractivity contribution in [2.45, 2.75) is 50.9 Å². The first kappa shape index (κ1) is 27.7. The zero-order valence-corrected chi connectivity index (χ0v) is 23.5. The van der Waals surface area contributed by atoms with Crippen molar-refractivity contribution < 1.29 is 37.8 Å². The normalized spacial score (nSPS) is 24.3. The summed E-state index contributed by atoms with van der Waals surface area (Å²) in [5.41, 5.74) is 0.934. The van der Waals surface area contributed by atoms with Crippen molar-refractivity contribution in [2.75, 3.05) is 19.0 Å². The molecule has 0 unspecified atom stereocenters. The number of carbonyl (C=O) groups excluding carboxylic acids is 3. The quantitative estimate of drug-likeness (QED) is 0.335. The van der Waals surface area contributed by atoms with Gasteiger partial charge in [-0.2, -0.15) is 0 Å². The molecule has 1 aromatic heterocycles. The Balaban J connectivity index is 1.65. The van der Waals surface area contributed by atoms with Gasteiger partial charge in [0.1, 0.15) is 23.0 Å². The molecule has 3 aromatic rings. The number of nitrogens with zero attached hydrogens (tertiary/aromatic N) is 1. The summed E-state index contributed by atoms with van der Waals surface area (Å²) in [4.78, 5) is 44.0. The van der Waals surface area contributed by atoms with Crippen molar-refractivity contribution in [3.8, 4) is 5.75 Å². The molecule has 4 N–H and O–H groups in total. The van der Waals surface area contributed by atoms with E-state index >= 15 is 0 Å². The first-order valence-corrected chi connectivity index (χ1v) is 13.8. The Hall–Kier alpha value is -4.45. The molecule has 0 saturated carbocycles. The molecule has 0 fully saturated rings. The minimum absolute atomic E-state index is 0.0443. The summed E-state index contributed by atoms with van der Waals surface area (Å²) in [5.74, 6) is -2.41. The van der Waals surface area contributed by atoms with Crippen LogP contribution in [0.1, 0.15) is 65.6 Å². The second kappa shape index (κ2) is 10.1. The van der Waals surface area contributed by atoms with Crippen LogP contribution < -0.4 is 20.7 Å². The van der Waals surface area contributed by atoms with Crippen LogP contribution >= 0.6 is 0 Å². The number of esters is 1. The predicted molar refractivity (Wildman–Crippen MR) is 146 cm³/mol. The lowest BCUT2D eigenvalue weighted by Crippen LogP contribution is -2.46. The van der Waals surface area contributed by atoms with E-state index in [0.717, 1.165) is 12.7 Å². The van der Waals surface area contributed by atoms with Crippen LogP contribution in [0.2, 0.25) is 0 Å². The number of aliphatic hydroxyl groups is 1. The number of amides is 2. The van der Waals surface area contributed by atoms with Crippen LogP contribution in [0.5, 0.6) is 5.75 Å². The number of ether oxygens (including phenoxy) is 2. The number of aliphatic hydroxyl groups excluding tert-OH is 1. The number of methoxy groups -OCH3 is 1. The van der Waals surface area contributed by atoms with Gasteiger partial charge in [0.05, 0.1) is 13.7 Å². The molecule has 220 valence electrons. The molecule has 0 aliphatic carbocycles. The number of anilines is 1. The Morgan fingerprint density at radius 3 is 2.71 bits per heavy atom. The summed E-state index contributed by atoms with van der Waals surface area (Å²) < 4.78 is 32.5. The van der Waals surface area contributed by atoms with Crippen molar-refractivity contribution in [2.24, 2.45) is 11.8 Å². The van der Waals surface area contributed by atoms with Crippen molar-refractivity contribution in [1.82, 2.24) is 15.6 Å². The number of fused-ring (bicyclic) bond motifs is 4. The number of oxazole rings is 1. The molecule has 3 aliphatic rings. The highest BCUT2D eigenvalue weighted by atomic mass is 19.1. The van der Waals surface area contributed by atoms with E-state index in [4.69, 9.17) is 13.9 Å². The van der Waals surface area contributed by atoms with Gasteiger partial charge >= 0.3 is 5.97 Å². The molecule has 12 heteroatoms. The summed E-state index contributed by atoms with van der Waals surface area (Å²) in [7, 11) is 1.14. The fourth-order valence-corrected chi connectivity index (χ4v) is 6.06. The molecule has 42 heavy (non-hydrogen) atoms. The van der Waals surface area contributed by atoms with Crippen LogP contribution in [-0.2, 0) is 26.2 Å². The standard InChI is InChI=1S/C30H31FN4O7/c1-13(2)22-27-35-23(26(38)32-20(12-36)28(39)40-4)24(42-27)30-17-11-16(31)6-7-19(17)33-29(30)41-21-8-5-15(10-18(21)30)9-14(3)25(37)34-22/h5-8,10-11,13-14,20,22,29,33,36H,9,12H2,1-4H3,(H,32,38)(H,34,37)/t14-,20-,22-,29+,30-/m0/s1. The average Bonchev–Trinajstić information content (AvgIpc) is 3.62. The molecule has 2 amide bonds. The van der Waals surface area contributed by atoms with Crippen LogP contribution in [0.15, 0.2) is 40.8 Å². The summed E-state index contributed by atoms with van der Waals surface area (Å²) >= 11 is 0. The number of hydrogen-bond acceptors (Lipinski definition) is 9. The lowest BCUT2D eigenvalue weighted by Gasteiger charge is -2.28. The van der Waals surface area contributed by atoms with Crippen LogP contribution in [0.4, 0.5) is 10.1 Å². The van der Waals surface area contributed by atoms with E-state index in [-0.39, 0.29) is 29.2 Å². The van der Waals surface area contributed by atoms with E-state index < -0.39 is 53.9 Å². The second-order valence-corrected chi connectivity index (χ2v) is 11.3. The second-order valence-electron chi connectivity index (χ2n) is 11.3. The molecule has 1 spiro atoms. The van der Waals surface area contributed by atoms with E-state index in [1.165, 1.54) is 12.1 Å². The van der Waals surface area contributed by atoms with Crippen molar-refractivity contribution in [3.63, 3.8) is 0 Å². The molecule has 0 radical (unpaired) electrons. The van der Waals surface area contributed by atoms with Crippen LogP contribution in [0, 0.1) is 17.7 Å². The van der Waals surface area contributed by atoms with Gasteiger partial charge in [-0.15, -0.1) is 0 Å². The SMILES string of the molecule is COC(=O)[C@H](CO)NC(=O)c1nc2oc1[C@@]13c4cc(F)ccc4N[C@@H]1Oc1ccc(cc13)C[C@H](C)C(=O)N[C@H]2C(C)C. The predicted octanol–water partition coefficient (Wildman–Crippen LogP) is 2.56. The average molecular weight is 579 g/mol. The zero-order valence-electron chi connectivity index (χ0n) is 23.5. The number of aromatic nitrogens is 1. The third kappa shape index (κ3) is 4.12. The van der Waals surface area contributed by atoms with Gasteiger partial charge in [0.2, 0.25) is 11.8 Å². The van der Waals surface area contributed by atoms with E-state index in [1.807, 2.05) is 32.9 Å². The molecule has 0 saturated heterocycles. The number of halogens is 1. The maximum absolute atomic E-state index is 14.9. The van der Waals surface area contributed by atoms with E-state index in [1.54, 1.807) is 12.1 Å². The summed E-state index contributed by atoms with van der Waals surface area (Å²) in [5, 5.41) is 18.6. The third-order valence-corrected chi connectivity index (χ3v) is 8.21. The van der Waals surface area contributed by atoms with Crippen LogP contribution in [0.3, 0.4) is 0 Å². The van der Waals surface area contributed by atoms with Gasteiger partial charge in [0.25, 0.3) is 5.91 Å². The van der Waals surface area contributed by atoms with Gasteiger partial charge in [-0.05, 0) is 42.2 Å². The molecule has 5 atom stereocenters. The van der Waals surface area contributed by atoms with E-state index in [0.29, 0.717) is 29.0 Å². The van der Waals surface area contributed by atoms with Gasteiger partial charge in [-0.25, -0.2) is 14.2 Å². The smallest absolute Gasteiger partial charge is 0.330 e. The number of carbonyl (C=O) groups is 3.